The zero-order valence-electron chi connectivity index (χ0n) is 45.3. The monoisotopic (exact) mass is 971 g/mol. The lowest BCUT2D eigenvalue weighted by atomic mass is 9.83. The van der Waals surface area contributed by atoms with Crippen molar-refractivity contribution in [2.45, 2.75) is 192 Å². The average molecular weight is 971 g/mol. The normalized spacial score (nSPS) is 19.2. The third-order valence-corrected chi connectivity index (χ3v) is 12.7. The van der Waals surface area contributed by atoms with Gasteiger partial charge in [-0.25, -0.2) is 0 Å². The van der Waals surface area contributed by atoms with E-state index in [0.29, 0.717) is 69.6 Å². The maximum atomic E-state index is 12.7. The smallest absolute Gasteiger partial charge is 0.308 e. The Hall–Kier alpha value is -4.04. The molecule has 13 heteroatoms. The van der Waals surface area contributed by atoms with E-state index in [0.717, 1.165) is 59.1 Å². The van der Waals surface area contributed by atoms with Crippen LogP contribution >= 0.6 is 0 Å². The van der Waals surface area contributed by atoms with E-state index in [1.54, 1.807) is 6.92 Å². The molecule has 13 nitrogen and oxygen atoms in total. The van der Waals surface area contributed by atoms with Gasteiger partial charge in [0.05, 0.1) is 51.0 Å². The maximum absolute atomic E-state index is 12.7. The number of carbonyl (C=O) groups is 4. The SMILES string of the molecule is CCC(C)C(C)=O.CCCCOC(=O)C(C)CC.Cc1cc(CCC(=O)OCCC2OCC3(CO2)COC(C(C)(C)COC(=O)CCc2cc(C)c(O)c(C(C)(C)C)c2)OC3)cc(C(C)(C)C)c1O. The zero-order valence-corrected chi connectivity index (χ0v) is 45.3. The van der Waals surface area contributed by atoms with Crippen molar-refractivity contribution in [3.05, 3.63) is 57.6 Å². The highest BCUT2D eigenvalue weighted by atomic mass is 16.7. The number of unbranched alkanes of at least 4 members (excludes halogenated alkanes) is 1. The highest BCUT2D eigenvalue weighted by Gasteiger charge is 2.46. The molecule has 2 heterocycles. The molecule has 2 aliphatic heterocycles. The number of phenols is 2. The molecule has 2 aromatic rings. The second-order valence-corrected chi connectivity index (χ2v) is 22.0. The van der Waals surface area contributed by atoms with Gasteiger partial charge in [0.25, 0.3) is 0 Å². The fourth-order valence-electron chi connectivity index (χ4n) is 7.30. The summed E-state index contributed by atoms with van der Waals surface area (Å²) in [6, 6.07) is 7.78. The summed E-state index contributed by atoms with van der Waals surface area (Å²) in [6.07, 6.45) is 4.77. The van der Waals surface area contributed by atoms with Gasteiger partial charge in [0.2, 0.25) is 0 Å². The Labute approximate surface area is 415 Å². The Morgan fingerprint density at radius 1 is 0.667 bits per heavy atom. The van der Waals surface area contributed by atoms with Crippen LogP contribution in [0.25, 0.3) is 0 Å². The molecule has 1 spiro atoms. The van der Waals surface area contributed by atoms with Gasteiger partial charge in [0.1, 0.15) is 23.9 Å². The quantitative estimate of drug-likeness (QED) is 0.0774. The van der Waals surface area contributed by atoms with Crippen LogP contribution in [0.4, 0.5) is 0 Å². The first-order chi connectivity index (χ1) is 32.1. The molecule has 4 rings (SSSR count). The third-order valence-electron chi connectivity index (χ3n) is 12.7. The number of rotatable bonds is 19. The largest absolute Gasteiger partial charge is 0.507 e. The standard InChI is InChI=1S/C41H60O10.C9H18O2.C6H12O/c1-26-17-28(19-30(35(26)44)38(3,4)5)11-13-32(42)46-16-15-34-48-22-41(23-49-34)24-50-37(51-25-41)40(9,10)21-47-33(43)14-12-29-18-27(2)36(45)31(20-29)39(6,7)8;1-4-6-7-11-9(10)8(3)5-2;1-4-5(2)6(3)7/h17-20,34,37,44-45H,11-16,21-25H2,1-10H3;8H,4-7H2,1-3H3;5H,4H2,1-3H3. The molecule has 2 atom stereocenters. The first-order valence-electron chi connectivity index (χ1n) is 25.2. The van der Waals surface area contributed by atoms with E-state index in [1.807, 2.05) is 79.7 Å². The van der Waals surface area contributed by atoms with Crippen molar-refractivity contribution in [2.75, 3.05) is 46.2 Å². The van der Waals surface area contributed by atoms with Crippen LogP contribution in [-0.2, 0) is 76.0 Å². The maximum Gasteiger partial charge on any atom is 0.308 e. The second-order valence-electron chi connectivity index (χ2n) is 22.0. The molecule has 0 aromatic heterocycles. The number of phenolic OH excluding ortho intramolecular Hbond substituents is 2. The topological polar surface area (TPSA) is 173 Å². The van der Waals surface area contributed by atoms with E-state index >= 15 is 0 Å². The molecule has 2 N–H and O–H groups in total. The first-order valence-corrected chi connectivity index (χ1v) is 25.2. The van der Waals surface area contributed by atoms with Crippen LogP contribution in [0.2, 0.25) is 0 Å². The van der Waals surface area contributed by atoms with E-state index in [4.69, 9.17) is 33.2 Å². The Bertz CT molecular complexity index is 1920. The molecule has 2 saturated heterocycles. The van der Waals surface area contributed by atoms with Crippen molar-refractivity contribution >= 4 is 23.7 Å². The predicted octanol–water partition coefficient (Wildman–Crippen LogP) is 11.1. The number of aromatic hydroxyl groups is 2. The zero-order chi connectivity index (χ0) is 52.3. The molecule has 2 aliphatic rings. The molecule has 0 saturated carbocycles. The fourth-order valence-corrected chi connectivity index (χ4v) is 7.30. The molecule has 0 radical (unpaired) electrons. The van der Waals surface area contributed by atoms with Gasteiger partial charge in [-0.15, -0.1) is 0 Å². The van der Waals surface area contributed by atoms with Crippen LogP contribution in [0.3, 0.4) is 0 Å². The first kappa shape index (κ1) is 61.1. The van der Waals surface area contributed by atoms with Crippen LogP contribution in [0.5, 0.6) is 11.5 Å². The number of benzene rings is 2. The molecule has 0 aliphatic carbocycles. The molecule has 392 valence electrons. The summed E-state index contributed by atoms with van der Waals surface area (Å²) in [6.45, 7) is 34.0. The summed E-state index contributed by atoms with van der Waals surface area (Å²) < 4.78 is 40.3. The molecule has 0 bridgehead atoms. The molecule has 2 aromatic carbocycles. The fraction of sp³-hybridized carbons (Fsp3) is 0.714. The summed E-state index contributed by atoms with van der Waals surface area (Å²) in [5.74, 6) is 0.584. The van der Waals surface area contributed by atoms with Crippen LogP contribution in [0, 0.1) is 36.5 Å². The average Bonchev–Trinajstić information content (AvgIpc) is 3.28. The lowest BCUT2D eigenvalue weighted by Gasteiger charge is -2.46. The Morgan fingerprint density at radius 3 is 1.52 bits per heavy atom. The number of carbonyl (C=O) groups excluding carboxylic acids is 4. The highest BCUT2D eigenvalue weighted by Crippen LogP contribution is 2.38. The second kappa shape index (κ2) is 28.1. The minimum absolute atomic E-state index is 0.0547. The van der Waals surface area contributed by atoms with Gasteiger partial charge >= 0.3 is 17.9 Å². The van der Waals surface area contributed by atoms with Crippen molar-refractivity contribution in [1.29, 1.82) is 0 Å². The Kier molecular flexibility index (Phi) is 24.9. The van der Waals surface area contributed by atoms with E-state index in [-0.39, 0.29) is 66.6 Å². The number of Topliss-reactive ketones (excluding diaryl/α,β-unsaturated/α-hetero) is 1. The summed E-state index contributed by atoms with van der Waals surface area (Å²) in [4.78, 5) is 46.6. The minimum Gasteiger partial charge on any atom is -0.507 e. The number of ether oxygens (including phenoxy) is 7. The Balaban J connectivity index is 0.000000763. The molecular formula is C56H90O13. The van der Waals surface area contributed by atoms with Crippen LogP contribution < -0.4 is 0 Å². The van der Waals surface area contributed by atoms with Gasteiger partial charge in [0.15, 0.2) is 12.6 Å². The Morgan fingerprint density at radius 2 is 1.12 bits per heavy atom. The van der Waals surface area contributed by atoms with Crippen molar-refractivity contribution in [2.24, 2.45) is 22.7 Å². The summed E-state index contributed by atoms with van der Waals surface area (Å²) in [7, 11) is 0. The predicted molar refractivity (Wildman–Crippen MR) is 269 cm³/mol. The summed E-state index contributed by atoms with van der Waals surface area (Å²) in [5, 5.41) is 21.0. The van der Waals surface area contributed by atoms with Gasteiger partial charge in [-0.05, 0) is 97.1 Å². The van der Waals surface area contributed by atoms with E-state index in [2.05, 4.69) is 48.5 Å². The lowest BCUT2D eigenvalue weighted by Crippen LogP contribution is -2.55. The van der Waals surface area contributed by atoms with Gasteiger partial charge in [0, 0.05) is 30.6 Å². The van der Waals surface area contributed by atoms with Crippen molar-refractivity contribution in [1.82, 2.24) is 0 Å². The van der Waals surface area contributed by atoms with E-state index < -0.39 is 23.4 Å². The number of hydrogen-bond acceptors (Lipinski definition) is 13. The molecule has 0 amide bonds. The van der Waals surface area contributed by atoms with Crippen molar-refractivity contribution < 1.29 is 62.5 Å². The highest BCUT2D eigenvalue weighted by molar-refractivity contribution is 5.77. The number of ketones is 1. The molecule has 69 heavy (non-hydrogen) atoms. The number of aryl methyl sites for hydroxylation is 4. The van der Waals surface area contributed by atoms with Crippen LogP contribution in [0.15, 0.2) is 24.3 Å². The number of esters is 3. The lowest BCUT2D eigenvalue weighted by molar-refractivity contribution is -0.323. The van der Waals surface area contributed by atoms with Crippen LogP contribution in [0.1, 0.15) is 175 Å². The van der Waals surface area contributed by atoms with Gasteiger partial charge in [-0.2, -0.15) is 0 Å². The summed E-state index contributed by atoms with van der Waals surface area (Å²) >= 11 is 0. The van der Waals surface area contributed by atoms with Gasteiger partial charge < -0.3 is 43.4 Å². The third kappa shape index (κ3) is 20.7. The van der Waals surface area contributed by atoms with Gasteiger partial charge in [-0.1, -0.05) is 121 Å². The van der Waals surface area contributed by atoms with Crippen molar-refractivity contribution in [3.8, 4) is 11.5 Å². The summed E-state index contributed by atoms with van der Waals surface area (Å²) in [5.41, 5.74) is 3.87. The van der Waals surface area contributed by atoms with E-state index in [9.17, 15) is 29.4 Å². The van der Waals surface area contributed by atoms with E-state index in [1.165, 1.54) is 0 Å². The van der Waals surface area contributed by atoms with Crippen LogP contribution in [-0.4, -0.2) is 92.7 Å². The molecular weight excluding hydrogens is 881 g/mol. The molecule has 2 unspecified atom stereocenters. The number of hydrogen-bond donors (Lipinski definition) is 2. The minimum atomic E-state index is -0.579. The van der Waals surface area contributed by atoms with Gasteiger partial charge in [-0.3, -0.25) is 19.2 Å². The van der Waals surface area contributed by atoms with Crippen molar-refractivity contribution in [3.63, 3.8) is 0 Å². The molecule has 2 fully saturated rings.